The first kappa shape index (κ1) is 21.4. The molecule has 30 heavy (non-hydrogen) atoms. The molecule has 4 rings (SSSR count). The number of aryl methyl sites for hydroxylation is 3. The minimum absolute atomic E-state index is 0.442. The summed E-state index contributed by atoms with van der Waals surface area (Å²) < 4.78 is 7.50. The third-order valence-corrected chi connectivity index (χ3v) is 6.61. The van der Waals surface area contributed by atoms with Gasteiger partial charge in [0.05, 0.1) is 13.2 Å². The molecule has 0 fully saturated rings. The minimum Gasteiger partial charge on any atom is -0.497 e. The monoisotopic (exact) mass is 529 g/mol. The van der Waals surface area contributed by atoms with Gasteiger partial charge in [0.2, 0.25) is 0 Å². The number of hydrogen-bond acceptors (Lipinski definition) is 3. The van der Waals surface area contributed by atoms with Gasteiger partial charge in [-0.1, -0.05) is 44.0 Å². The van der Waals surface area contributed by atoms with Crippen molar-refractivity contribution in [3.63, 3.8) is 0 Å². The number of β-amino-alcohol motifs (C(OH)–C–C–N with tert-alkyl or cyclic N) is 1. The van der Waals surface area contributed by atoms with E-state index < -0.39 is 6.10 Å². The van der Waals surface area contributed by atoms with Gasteiger partial charge in [0.15, 0.2) is 0 Å². The molecule has 5 heteroatoms. The Hall–Kier alpha value is -1.82. The molecule has 1 aliphatic heterocycles. The molecular weight excluding hydrogens is 506 g/mol. The van der Waals surface area contributed by atoms with Crippen molar-refractivity contribution in [1.82, 2.24) is 0 Å². The highest BCUT2D eigenvalue weighted by atomic mass is 79.9. The molecule has 0 radical (unpaired) electrons. The average Bonchev–Trinajstić information content (AvgIpc) is 2.89. The van der Waals surface area contributed by atoms with E-state index in [1.54, 1.807) is 7.11 Å². The average molecular weight is 531 g/mol. The third kappa shape index (κ3) is 4.90. The third-order valence-electron chi connectivity index (χ3n) is 5.62. The lowest BCUT2D eigenvalue weighted by atomic mass is 10.0. The molecule has 3 aromatic carbocycles. The molecule has 0 aliphatic carbocycles. The molecule has 0 saturated carbocycles. The molecule has 1 heterocycles. The minimum atomic E-state index is -0.442. The van der Waals surface area contributed by atoms with E-state index in [0.717, 1.165) is 34.0 Å². The van der Waals surface area contributed by atoms with E-state index in [1.165, 1.54) is 28.1 Å². The fourth-order valence-electron chi connectivity index (χ4n) is 4.09. The zero-order chi connectivity index (χ0) is 21.1. The van der Waals surface area contributed by atoms with Crippen LogP contribution in [0.5, 0.6) is 5.75 Å². The Balaban J connectivity index is 1.57. The van der Waals surface area contributed by atoms with E-state index >= 15 is 0 Å². The van der Waals surface area contributed by atoms with Gasteiger partial charge in [-0.25, -0.2) is 0 Å². The van der Waals surface area contributed by atoms with Crippen LogP contribution < -0.4 is 9.64 Å². The van der Waals surface area contributed by atoms with Crippen LogP contribution >= 0.6 is 31.9 Å². The summed E-state index contributed by atoms with van der Waals surface area (Å²) in [6, 6.07) is 20.9. The Morgan fingerprint density at radius 1 is 0.933 bits per heavy atom. The second-order valence-corrected chi connectivity index (χ2v) is 9.53. The molecule has 1 atom stereocenters. The van der Waals surface area contributed by atoms with E-state index in [-0.39, 0.29) is 0 Å². The number of rotatable bonds is 6. The van der Waals surface area contributed by atoms with Crippen molar-refractivity contribution in [1.29, 1.82) is 0 Å². The molecule has 1 aliphatic rings. The molecule has 1 N–H and O–H groups in total. The summed E-state index contributed by atoms with van der Waals surface area (Å²) in [7, 11) is 1.68. The van der Waals surface area contributed by atoms with Crippen molar-refractivity contribution in [2.75, 3.05) is 18.6 Å². The van der Waals surface area contributed by atoms with E-state index in [0.29, 0.717) is 13.0 Å². The lowest BCUT2D eigenvalue weighted by Crippen LogP contribution is -2.29. The maximum atomic E-state index is 10.9. The zero-order valence-electron chi connectivity index (χ0n) is 16.9. The molecule has 1 unspecified atom stereocenters. The van der Waals surface area contributed by atoms with Crippen LogP contribution in [0.15, 0.2) is 69.6 Å². The number of aliphatic hydroxyl groups excluding tert-OH is 1. The van der Waals surface area contributed by atoms with E-state index in [2.05, 4.69) is 79.2 Å². The lowest BCUT2D eigenvalue weighted by Gasteiger charge is -2.29. The number of ether oxygens (including phenoxy) is 1. The smallest absolute Gasteiger partial charge is 0.119 e. The number of nitrogens with zero attached hydrogens (tertiary/aromatic N) is 1. The Kier molecular flexibility index (Phi) is 6.81. The molecule has 0 bridgehead atoms. The van der Waals surface area contributed by atoms with Gasteiger partial charge in [-0.05, 0) is 90.9 Å². The van der Waals surface area contributed by atoms with Crippen molar-refractivity contribution in [2.45, 2.75) is 31.8 Å². The van der Waals surface area contributed by atoms with Crippen LogP contribution in [0.1, 0.15) is 23.1 Å². The molecule has 3 aromatic rings. The Morgan fingerprint density at radius 3 is 2.17 bits per heavy atom. The summed E-state index contributed by atoms with van der Waals surface area (Å²) in [6.07, 6.45) is 3.03. The van der Waals surface area contributed by atoms with Crippen LogP contribution in [0.25, 0.3) is 0 Å². The van der Waals surface area contributed by atoms with Crippen molar-refractivity contribution < 1.29 is 9.84 Å². The summed E-state index contributed by atoms with van der Waals surface area (Å²) in [5, 5.41) is 10.9. The standard InChI is InChI=1S/C25H25Br2NO2/c1-30-23-4-2-3-17(13-23)5-10-22(29)16-28-24-11-8-20(26)14-18(24)6-7-19-15-21(27)9-12-25(19)28/h2-4,8-9,11-15,22,29H,5-7,10,16H2,1H3. The van der Waals surface area contributed by atoms with Crippen LogP contribution in [0, 0.1) is 0 Å². The predicted octanol–water partition coefficient (Wildman–Crippen LogP) is 6.45. The van der Waals surface area contributed by atoms with Gasteiger partial charge in [-0.3, -0.25) is 0 Å². The van der Waals surface area contributed by atoms with Crippen molar-refractivity contribution in [2.24, 2.45) is 0 Å². The summed E-state index contributed by atoms with van der Waals surface area (Å²) in [5.41, 5.74) is 6.14. The topological polar surface area (TPSA) is 32.7 Å². The molecule has 156 valence electrons. The first-order chi connectivity index (χ1) is 14.5. The molecule has 3 nitrogen and oxygen atoms in total. The SMILES string of the molecule is COc1cccc(CCC(O)CN2c3ccc(Br)cc3CCc3cc(Br)ccc32)c1. The van der Waals surface area contributed by atoms with Crippen LogP contribution in [0.3, 0.4) is 0 Å². The van der Waals surface area contributed by atoms with Crippen LogP contribution in [0.4, 0.5) is 11.4 Å². The van der Waals surface area contributed by atoms with Crippen LogP contribution in [-0.4, -0.2) is 24.9 Å². The summed E-state index contributed by atoms with van der Waals surface area (Å²) >= 11 is 7.22. The highest BCUT2D eigenvalue weighted by molar-refractivity contribution is 9.10. The molecule has 0 amide bonds. The Labute approximate surface area is 194 Å². The van der Waals surface area contributed by atoms with Crippen LogP contribution in [-0.2, 0) is 19.3 Å². The van der Waals surface area contributed by atoms with Crippen LogP contribution in [0.2, 0.25) is 0 Å². The second-order valence-electron chi connectivity index (χ2n) is 7.70. The number of anilines is 2. The number of benzene rings is 3. The maximum absolute atomic E-state index is 10.9. The number of halogens is 2. The maximum Gasteiger partial charge on any atom is 0.119 e. The molecule has 0 spiro atoms. The van der Waals surface area contributed by atoms with Gasteiger partial charge < -0.3 is 14.7 Å². The second kappa shape index (κ2) is 9.54. The number of hydrogen-bond donors (Lipinski definition) is 1. The van der Waals surface area contributed by atoms with E-state index in [4.69, 9.17) is 4.74 Å². The fourth-order valence-corrected chi connectivity index (χ4v) is 4.91. The first-order valence-corrected chi connectivity index (χ1v) is 11.8. The quantitative estimate of drug-likeness (QED) is 0.397. The molecular formula is C25H25Br2NO2. The molecule has 0 aromatic heterocycles. The van der Waals surface area contributed by atoms with Crippen molar-refractivity contribution in [3.8, 4) is 5.75 Å². The van der Waals surface area contributed by atoms with Gasteiger partial charge in [-0.2, -0.15) is 0 Å². The zero-order valence-corrected chi connectivity index (χ0v) is 20.1. The van der Waals surface area contributed by atoms with Crippen molar-refractivity contribution >= 4 is 43.2 Å². The van der Waals surface area contributed by atoms with Gasteiger partial charge in [0.1, 0.15) is 5.75 Å². The number of fused-ring (bicyclic) bond motifs is 2. The van der Waals surface area contributed by atoms with Gasteiger partial charge >= 0.3 is 0 Å². The Morgan fingerprint density at radius 2 is 1.57 bits per heavy atom. The van der Waals surface area contributed by atoms with Gasteiger partial charge in [0, 0.05) is 26.9 Å². The van der Waals surface area contributed by atoms with Gasteiger partial charge in [-0.15, -0.1) is 0 Å². The summed E-state index contributed by atoms with van der Waals surface area (Å²) in [6.45, 7) is 0.563. The lowest BCUT2D eigenvalue weighted by molar-refractivity contribution is 0.173. The van der Waals surface area contributed by atoms with E-state index in [1.807, 2.05) is 18.2 Å². The Bertz CT molecular complexity index is 984. The number of aliphatic hydroxyl groups is 1. The highest BCUT2D eigenvalue weighted by Gasteiger charge is 2.23. The normalized spacial score (nSPS) is 13.9. The molecule has 0 saturated heterocycles. The van der Waals surface area contributed by atoms with E-state index in [9.17, 15) is 5.11 Å². The summed E-state index contributed by atoms with van der Waals surface area (Å²) in [4.78, 5) is 2.28. The summed E-state index contributed by atoms with van der Waals surface area (Å²) in [5.74, 6) is 0.855. The van der Waals surface area contributed by atoms with Gasteiger partial charge in [0.25, 0.3) is 0 Å². The number of methoxy groups -OCH3 is 1. The first-order valence-electron chi connectivity index (χ1n) is 10.2. The fraction of sp³-hybridized carbons (Fsp3) is 0.280. The van der Waals surface area contributed by atoms with Crippen molar-refractivity contribution in [3.05, 3.63) is 86.3 Å². The highest BCUT2D eigenvalue weighted by Crippen LogP contribution is 2.38. The predicted molar refractivity (Wildman–Crippen MR) is 130 cm³/mol. The largest absolute Gasteiger partial charge is 0.497 e.